The minimum atomic E-state index is 0.0384. The van der Waals surface area contributed by atoms with Crippen molar-refractivity contribution in [3.8, 4) is 0 Å². The van der Waals surface area contributed by atoms with Crippen molar-refractivity contribution in [2.24, 2.45) is 0 Å². The first kappa shape index (κ1) is 14.4. The van der Waals surface area contributed by atoms with Gasteiger partial charge in [0.25, 0.3) is 0 Å². The number of anilines is 3. The molecule has 0 atom stereocenters. The zero-order valence-electron chi connectivity index (χ0n) is 11.5. The molecule has 0 bridgehead atoms. The van der Waals surface area contributed by atoms with Gasteiger partial charge in [-0.1, -0.05) is 6.92 Å². The fourth-order valence-electron chi connectivity index (χ4n) is 1.93. The predicted octanol–water partition coefficient (Wildman–Crippen LogP) is 2.85. The lowest BCUT2D eigenvalue weighted by Crippen LogP contribution is -2.24. The van der Waals surface area contributed by atoms with Gasteiger partial charge in [0.1, 0.15) is 0 Å². The molecule has 18 heavy (non-hydrogen) atoms. The highest BCUT2D eigenvalue weighted by Gasteiger charge is 2.11. The molecule has 1 aromatic rings. The standard InChI is InChI=1S/C14H23N3O/c1-4-7-14(18)16-12-10-11(15)8-9-13(12)17(5-2)6-3/h8-10H,4-7,15H2,1-3H3,(H,16,18). The monoisotopic (exact) mass is 249 g/mol. The normalized spacial score (nSPS) is 10.2. The van der Waals surface area contributed by atoms with Crippen molar-refractivity contribution < 1.29 is 4.79 Å². The SMILES string of the molecule is CCCC(=O)Nc1cc(N)ccc1N(CC)CC. The first-order valence-corrected chi connectivity index (χ1v) is 6.56. The maximum atomic E-state index is 11.7. The van der Waals surface area contributed by atoms with Gasteiger partial charge < -0.3 is 16.0 Å². The second kappa shape index (κ2) is 6.89. The molecule has 1 amide bonds. The summed E-state index contributed by atoms with van der Waals surface area (Å²) in [5, 5.41) is 2.94. The lowest BCUT2D eigenvalue weighted by atomic mass is 10.2. The molecule has 1 rings (SSSR count). The van der Waals surface area contributed by atoms with Crippen LogP contribution in [0.3, 0.4) is 0 Å². The van der Waals surface area contributed by atoms with Crippen LogP contribution < -0.4 is 16.0 Å². The molecule has 1 aromatic carbocycles. The van der Waals surface area contributed by atoms with E-state index in [0.29, 0.717) is 12.1 Å². The number of rotatable bonds is 6. The smallest absolute Gasteiger partial charge is 0.224 e. The highest BCUT2D eigenvalue weighted by atomic mass is 16.1. The van der Waals surface area contributed by atoms with Crippen LogP contribution in [0.4, 0.5) is 17.1 Å². The largest absolute Gasteiger partial charge is 0.399 e. The maximum Gasteiger partial charge on any atom is 0.224 e. The molecule has 0 saturated carbocycles. The van der Waals surface area contributed by atoms with Crippen molar-refractivity contribution in [3.05, 3.63) is 18.2 Å². The number of hydrogen-bond acceptors (Lipinski definition) is 3. The third-order valence-electron chi connectivity index (χ3n) is 2.88. The van der Waals surface area contributed by atoms with Gasteiger partial charge in [0.2, 0.25) is 5.91 Å². The van der Waals surface area contributed by atoms with Gasteiger partial charge in [-0.2, -0.15) is 0 Å². The van der Waals surface area contributed by atoms with Crippen LogP contribution in [-0.2, 0) is 4.79 Å². The molecule has 100 valence electrons. The van der Waals surface area contributed by atoms with Gasteiger partial charge in [0, 0.05) is 25.2 Å². The molecular formula is C14H23N3O. The summed E-state index contributed by atoms with van der Waals surface area (Å²) in [7, 11) is 0. The first-order chi connectivity index (χ1) is 8.62. The lowest BCUT2D eigenvalue weighted by Gasteiger charge is -2.24. The Labute approximate surface area is 109 Å². The van der Waals surface area contributed by atoms with E-state index in [1.165, 1.54) is 0 Å². The zero-order valence-corrected chi connectivity index (χ0v) is 11.5. The highest BCUT2D eigenvalue weighted by Crippen LogP contribution is 2.28. The molecule has 0 radical (unpaired) electrons. The van der Waals surface area contributed by atoms with Crippen LogP contribution in [0.25, 0.3) is 0 Å². The van der Waals surface area contributed by atoms with Crippen LogP contribution in [0.2, 0.25) is 0 Å². The van der Waals surface area contributed by atoms with Gasteiger partial charge in [-0.15, -0.1) is 0 Å². The van der Waals surface area contributed by atoms with Crippen LogP contribution in [0.1, 0.15) is 33.6 Å². The fraction of sp³-hybridized carbons (Fsp3) is 0.500. The Balaban J connectivity index is 2.99. The molecule has 0 aromatic heterocycles. The molecular weight excluding hydrogens is 226 g/mol. The Morgan fingerprint density at radius 3 is 2.50 bits per heavy atom. The third-order valence-corrected chi connectivity index (χ3v) is 2.88. The molecule has 0 saturated heterocycles. The van der Waals surface area contributed by atoms with Crippen molar-refractivity contribution in [3.63, 3.8) is 0 Å². The van der Waals surface area contributed by atoms with Crippen molar-refractivity contribution in [1.29, 1.82) is 0 Å². The fourth-order valence-corrected chi connectivity index (χ4v) is 1.93. The summed E-state index contributed by atoms with van der Waals surface area (Å²) in [5.74, 6) is 0.0384. The molecule has 4 heteroatoms. The average Bonchev–Trinajstić information content (AvgIpc) is 2.33. The number of hydrogen-bond donors (Lipinski definition) is 2. The molecule has 4 nitrogen and oxygen atoms in total. The van der Waals surface area contributed by atoms with Gasteiger partial charge in [0.05, 0.1) is 11.4 Å². The van der Waals surface area contributed by atoms with Gasteiger partial charge in [-0.3, -0.25) is 4.79 Å². The number of carbonyl (C=O) groups is 1. The predicted molar refractivity (Wildman–Crippen MR) is 78.0 cm³/mol. The Morgan fingerprint density at radius 2 is 1.94 bits per heavy atom. The van der Waals surface area contributed by atoms with Crippen LogP contribution >= 0.6 is 0 Å². The van der Waals surface area contributed by atoms with E-state index in [-0.39, 0.29) is 5.91 Å². The molecule has 0 aliphatic carbocycles. The van der Waals surface area contributed by atoms with Crippen LogP contribution in [0.15, 0.2) is 18.2 Å². The molecule has 0 aliphatic rings. The summed E-state index contributed by atoms with van der Waals surface area (Å²) >= 11 is 0. The minimum Gasteiger partial charge on any atom is -0.399 e. The summed E-state index contributed by atoms with van der Waals surface area (Å²) < 4.78 is 0. The zero-order chi connectivity index (χ0) is 13.5. The number of nitrogens with one attached hydrogen (secondary N) is 1. The second-order valence-corrected chi connectivity index (χ2v) is 4.25. The van der Waals surface area contributed by atoms with Crippen molar-refractivity contribution in [1.82, 2.24) is 0 Å². The molecule has 0 aliphatic heterocycles. The number of carbonyl (C=O) groups excluding carboxylic acids is 1. The molecule has 0 spiro atoms. The quantitative estimate of drug-likeness (QED) is 0.762. The van der Waals surface area contributed by atoms with Crippen molar-refractivity contribution in [2.75, 3.05) is 29.0 Å². The Bertz CT molecular complexity index is 400. The number of nitrogen functional groups attached to an aromatic ring is 1. The highest BCUT2D eigenvalue weighted by molar-refractivity contribution is 5.95. The summed E-state index contributed by atoms with van der Waals surface area (Å²) in [6, 6.07) is 5.65. The first-order valence-electron chi connectivity index (χ1n) is 6.56. The number of amides is 1. The summed E-state index contributed by atoms with van der Waals surface area (Å²) in [5.41, 5.74) is 8.28. The van der Waals surface area contributed by atoms with Crippen LogP contribution in [0.5, 0.6) is 0 Å². The number of benzene rings is 1. The number of nitrogens with zero attached hydrogens (tertiary/aromatic N) is 1. The van der Waals surface area contributed by atoms with E-state index in [0.717, 1.165) is 30.9 Å². The molecule has 0 unspecified atom stereocenters. The third kappa shape index (κ3) is 3.65. The summed E-state index contributed by atoms with van der Waals surface area (Å²) in [4.78, 5) is 13.9. The average molecular weight is 249 g/mol. The molecule has 0 heterocycles. The van der Waals surface area contributed by atoms with Crippen LogP contribution in [-0.4, -0.2) is 19.0 Å². The van der Waals surface area contributed by atoms with Gasteiger partial charge in [-0.05, 0) is 38.5 Å². The van der Waals surface area contributed by atoms with E-state index in [2.05, 4.69) is 24.1 Å². The maximum absolute atomic E-state index is 11.7. The molecule has 3 N–H and O–H groups in total. The van der Waals surface area contributed by atoms with E-state index in [4.69, 9.17) is 5.73 Å². The molecule has 0 fully saturated rings. The Hall–Kier alpha value is -1.71. The van der Waals surface area contributed by atoms with Crippen LogP contribution in [0, 0.1) is 0 Å². The van der Waals surface area contributed by atoms with Crippen molar-refractivity contribution >= 4 is 23.0 Å². The van der Waals surface area contributed by atoms with Crippen molar-refractivity contribution in [2.45, 2.75) is 33.6 Å². The van der Waals surface area contributed by atoms with Gasteiger partial charge in [-0.25, -0.2) is 0 Å². The lowest BCUT2D eigenvalue weighted by molar-refractivity contribution is -0.116. The van der Waals surface area contributed by atoms with E-state index in [1.54, 1.807) is 0 Å². The van der Waals surface area contributed by atoms with E-state index in [9.17, 15) is 4.79 Å². The van der Waals surface area contributed by atoms with Gasteiger partial charge in [0.15, 0.2) is 0 Å². The van der Waals surface area contributed by atoms with E-state index >= 15 is 0 Å². The number of nitrogens with two attached hydrogens (primary N) is 1. The van der Waals surface area contributed by atoms with E-state index < -0.39 is 0 Å². The van der Waals surface area contributed by atoms with Gasteiger partial charge >= 0.3 is 0 Å². The Morgan fingerprint density at radius 1 is 1.28 bits per heavy atom. The topological polar surface area (TPSA) is 58.4 Å². The summed E-state index contributed by atoms with van der Waals surface area (Å²) in [6.45, 7) is 7.98. The Kier molecular flexibility index (Phi) is 5.49. The second-order valence-electron chi connectivity index (χ2n) is 4.25. The minimum absolute atomic E-state index is 0.0384. The van der Waals surface area contributed by atoms with E-state index in [1.807, 2.05) is 25.1 Å². The summed E-state index contributed by atoms with van der Waals surface area (Å²) in [6.07, 6.45) is 1.38.